The van der Waals surface area contributed by atoms with Gasteiger partial charge in [0.05, 0.1) is 6.61 Å². The number of benzene rings is 1. The van der Waals surface area contributed by atoms with Gasteiger partial charge >= 0.3 is 0 Å². The first-order chi connectivity index (χ1) is 6.25. The Morgan fingerprint density at radius 2 is 1.69 bits per heavy atom. The molecule has 1 aromatic rings. The van der Waals surface area contributed by atoms with Gasteiger partial charge in [-0.3, -0.25) is 0 Å². The van der Waals surface area contributed by atoms with Crippen LogP contribution in [0.15, 0.2) is 18.2 Å². The van der Waals surface area contributed by atoms with Gasteiger partial charge in [0.15, 0.2) is 0 Å². The lowest BCUT2D eigenvalue weighted by atomic mass is 10.1. The minimum atomic E-state index is -0.522. The molecule has 0 bridgehead atoms. The zero-order valence-corrected chi connectivity index (χ0v) is 7.22. The normalized spacial score (nSPS) is 10.4. The van der Waals surface area contributed by atoms with Crippen molar-refractivity contribution in [3.05, 3.63) is 35.4 Å². The molecule has 0 fully saturated rings. The van der Waals surface area contributed by atoms with Crippen LogP contribution in [0.3, 0.4) is 0 Å². The van der Waals surface area contributed by atoms with E-state index in [1.807, 2.05) is 0 Å². The fourth-order valence-electron chi connectivity index (χ4n) is 1.18. The van der Waals surface area contributed by atoms with Gasteiger partial charge in [0.2, 0.25) is 0 Å². The molecule has 0 aromatic heterocycles. The summed E-state index contributed by atoms with van der Waals surface area (Å²) >= 11 is 0. The van der Waals surface area contributed by atoms with Crippen molar-refractivity contribution >= 4 is 0 Å². The molecule has 3 heteroatoms. The highest BCUT2D eigenvalue weighted by molar-refractivity contribution is 5.19. The van der Waals surface area contributed by atoms with Gasteiger partial charge in [0, 0.05) is 5.56 Å². The van der Waals surface area contributed by atoms with E-state index in [0.717, 1.165) is 0 Å². The lowest BCUT2D eigenvalue weighted by Crippen LogP contribution is -1.96. The Labute approximate surface area is 76.0 Å². The highest BCUT2D eigenvalue weighted by atomic mass is 19.1. The monoisotopic (exact) mass is 185 g/mol. The zero-order chi connectivity index (χ0) is 9.68. The molecule has 71 valence electrons. The Kier molecular flexibility index (Phi) is 3.83. The second-order valence-corrected chi connectivity index (χ2v) is 2.86. The molecule has 0 aliphatic heterocycles. The van der Waals surface area contributed by atoms with Gasteiger partial charge in [-0.1, -0.05) is 6.07 Å². The van der Waals surface area contributed by atoms with Crippen LogP contribution in [-0.4, -0.2) is 6.61 Å². The average Bonchev–Trinajstić information content (AvgIpc) is 2.10. The number of rotatable bonds is 4. The van der Waals surface area contributed by atoms with Crippen LogP contribution in [0.1, 0.15) is 18.4 Å². The number of halogens is 2. The standard InChI is InChI=1S/C10H11F2O/c11-9-5-3-6-10(12)8(9)4-1-2-7-13/h3,5-6H,1-2,4,7H2. The molecule has 0 spiro atoms. The highest BCUT2D eigenvalue weighted by Crippen LogP contribution is 2.14. The first-order valence-corrected chi connectivity index (χ1v) is 4.26. The van der Waals surface area contributed by atoms with E-state index < -0.39 is 11.6 Å². The largest absolute Gasteiger partial charge is 0.237 e. The SMILES string of the molecule is [O]CCCCc1c(F)cccc1F. The van der Waals surface area contributed by atoms with Crippen LogP contribution in [0.4, 0.5) is 8.78 Å². The molecule has 0 aliphatic carbocycles. The van der Waals surface area contributed by atoms with Crippen molar-refractivity contribution in [1.29, 1.82) is 0 Å². The third-order valence-corrected chi connectivity index (χ3v) is 1.88. The molecular weight excluding hydrogens is 174 g/mol. The minimum Gasteiger partial charge on any atom is -0.237 e. The van der Waals surface area contributed by atoms with Crippen LogP contribution in [0.25, 0.3) is 0 Å². The summed E-state index contributed by atoms with van der Waals surface area (Å²) in [5.74, 6) is -1.04. The van der Waals surface area contributed by atoms with Crippen LogP contribution in [0.2, 0.25) is 0 Å². The number of hydrogen-bond donors (Lipinski definition) is 0. The van der Waals surface area contributed by atoms with E-state index in [-0.39, 0.29) is 12.2 Å². The van der Waals surface area contributed by atoms with Crippen molar-refractivity contribution in [2.45, 2.75) is 19.3 Å². The Balaban J connectivity index is 2.64. The van der Waals surface area contributed by atoms with Crippen LogP contribution in [0.5, 0.6) is 0 Å². The first kappa shape index (κ1) is 10.1. The Hall–Kier alpha value is -0.960. The van der Waals surface area contributed by atoms with Crippen molar-refractivity contribution in [2.24, 2.45) is 0 Å². The smallest absolute Gasteiger partial charge is 0.129 e. The molecule has 13 heavy (non-hydrogen) atoms. The van der Waals surface area contributed by atoms with Crippen molar-refractivity contribution < 1.29 is 13.9 Å². The maximum Gasteiger partial charge on any atom is 0.129 e. The van der Waals surface area contributed by atoms with E-state index in [9.17, 15) is 13.9 Å². The van der Waals surface area contributed by atoms with Gasteiger partial charge in [-0.2, -0.15) is 0 Å². The summed E-state index contributed by atoms with van der Waals surface area (Å²) in [4.78, 5) is 0. The second-order valence-electron chi connectivity index (χ2n) is 2.86. The summed E-state index contributed by atoms with van der Waals surface area (Å²) < 4.78 is 25.9. The van der Waals surface area contributed by atoms with Crippen molar-refractivity contribution in [3.8, 4) is 0 Å². The van der Waals surface area contributed by atoms with Gasteiger partial charge in [0.25, 0.3) is 0 Å². The molecule has 1 rings (SSSR count). The summed E-state index contributed by atoms with van der Waals surface area (Å²) in [5, 5.41) is 10.1. The molecule has 0 N–H and O–H groups in total. The molecule has 0 heterocycles. The van der Waals surface area contributed by atoms with Crippen LogP contribution in [0, 0.1) is 11.6 Å². The van der Waals surface area contributed by atoms with E-state index in [0.29, 0.717) is 19.3 Å². The summed E-state index contributed by atoms with van der Waals surface area (Å²) in [6, 6.07) is 3.80. The van der Waals surface area contributed by atoms with E-state index in [1.165, 1.54) is 18.2 Å². The Morgan fingerprint density at radius 3 is 2.23 bits per heavy atom. The average molecular weight is 185 g/mol. The fourth-order valence-corrected chi connectivity index (χ4v) is 1.18. The summed E-state index contributed by atoms with van der Waals surface area (Å²) in [5.41, 5.74) is 0.0935. The third-order valence-electron chi connectivity index (χ3n) is 1.88. The number of hydrogen-bond acceptors (Lipinski definition) is 0. The van der Waals surface area contributed by atoms with E-state index in [1.54, 1.807) is 0 Å². The molecule has 1 radical (unpaired) electrons. The fraction of sp³-hybridized carbons (Fsp3) is 0.400. The summed E-state index contributed by atoms with van der Waals surface area (Å²) in [6.07, 6.45) is 1.32. The second kappa shape index (κ2) is 4.92. The molecule has 0 amide bonds. The van der Waals surface area contributed by atoms with Gasteiger partial charge in [-0.25, -0.2) is 13.9 Å². The molecule has 1 aromatic carbocycles. The zero-order valence-electron chi connectivity index (χ0n) is 7.22. The van der Waals surface area contributed by atoms with Gasteiger partial charge < -0.3 is 0 Å². The quantitative estimate of drug-likeness (QED) is 0.643. The number of unbranched alkanes of at least 4 members (excludes halogenated alkanes) is 1. The van der Waals surface area contributed by atoms with Gasteiger partial charge in [-0.15, -0.1) is 0 Å². The molecule has 0 aliphatic rings. The first-order valence-electron chi connectivity index (χ1n) is 4.26. The van der Waals surface area contributed by atoms with E-state index in [2.05, 4.69) is 0 Å². The molecule has 0 atom stereocenters. The maximum absolute atomic E-state index is 13.0. The lowest BCUT2D eigenvalue weighted by Gasteiger charge is -2.02. The van der Waals surface area contributed by atoms with Crippen molar-refractivity contribution in [2.75, 3.05) is 6.61 Å². The summed E-state index contributed by atoms with van der Waals surface area (Å²) in [6.45, 7) is -0.184. The highest BCUT2D eigenvalue weighted by Gasteiger charge is 2.06. The third kappa shape index (κ3) is 2.77. The van der Waals surface area contributed by atoms with Gasteiger partial charge in [0.1, 0.15) is 11.6 Å². The maximum atomic E-state index is 13.0. The molecular formula is C10H11F2O. The van der Waals surface area contributed by atoms with Crippen LogP contribution in [-0.2, 0) is 11.5 Å². The molecule has 0 unspecified atom stereocenters. The van der Waals surface area contributed by atoms with E-state index in [4.69, 9.17) is 0 Å². The summed E-state index contributed by atoms with van der Waals surface area (Å²) in [7, 11) is 0. The van der Waals surface area contributed by atoms with Crippen molar-refractivity contribution in [3.63, 3.8) is 0 Å². The van der Waals surface area contributed by atoms with Gasteiger partial charge in [-0.05, 0) is 31.4 Å². The molecule has 1 nitrogen and oxygen atoms in total. The van der Waals surface area contributed by atoms with Crippen LogP contribution < -0.4 is 0 Å². The lowest BCUT2D eigenvalue weighted by molar-refractivity contribution is 0.186. The minimum absolute atomic E-state index is 0.0935. The molecule has 0 saturated carbocycles. The predicted octanol–water partition coefficient (Wildman–Crippen LogP) is 2.72. The predicted molar refractivity (Wildman–Crippen MR) is 44.8 cm³/mol. The van der Waals surface area contributed by atoms with Crippen molar-refractivity contribution in [1.82, 2.24) is 0 Å². The van der Waals surface area contributed by atoms with E-state index >= 15 is 0 Å². The topological polar surface area (TPSA) is 19.9 Å². The van der Waals surface area contributed by atoms with Crippen LogP contribution >= 0.6 is 0 Å². The molecule has 0 saturated heterocycles. The Morgan fingerprint density at radius 1 is 1.08 bits per heavy atom. The Bertz CT molecular complexity index is 253.